The van der Waals surface area contributed by atoms with Crippen molar-refractivity contribution >= 4 is 11.9 Å². The van der Waals surface area contributed by atoms with Crippen molar-refractivity contribution in [2.24, 2.45) is 0 Å². The van der Waals surface area contributed by atoms with E-state index in [0.29, 0.717) is 6.42 Å². The van der Waals surface area contributed by atoms with Crippen LogP contribution >= 0.6 is 0 Å². The third kappa shape index (κ3) is 23.8. The minimum atomic E-state index is -1.59. The molecule has 1 aliphatic rings. The molecule has 0 aromatic rings. The zero-order chi connectivity index (χ0) is 36.7. The summed E-state index contributed by atoms with van der Waals surface area (Å²) >= 11 is 0. The number of carbonyl (C=O) groups excluding carboxylic acids is 2. The molecule has 6 atom stereocenters. The average Bonchev–Trinajstić information content (AvgIpc) is 3.11. The third-order valence-corrected chi connectivity index (χ3v) is 9.40. The summed E-state index contributed by atoms with van der Waals surface area (Å²) in [6, 6.07) is 0. The van der Waals surface area contributed by atoms with Gasteiger partial charge in [-0.3, -0.25) is 9.59 Å². The van der Waals surface area contributed by atoms with Crippen LogP contribution in [0.3, 0.4) is 0 Å². The van der Waals surface area contributed by atoms with E-state index >= 15 is 0 Å². The van der Waals surface area contributed by atoms with Gasteiger partial charge in [0.25, 0.3) is 0 Å². The van der Waals surface area contributed by atoms with Crippen LogP contribution in [0.15, 0.2) is 12.2 Å². The van der Waals surface area contributed by atoms with Gasteiger partial charge in [0.2, 0.25) is 0 Å². The van der Waals surface area contributed by atoms with Crippen molar-refractivity contribution in [1.82, 2.24) is 0 Å². The Bertz CT molecular complexity index is 835. The smallest absolute Gasteiger partial charge is 0.306 e. The zero-order valence-corrected chi connectivity index (χ0v) is 31.7. The number of hydrogen-bond donors (Lipinski definition) is 4. The van der Waals surface area contributed by atoms with Crippen molar-refractivity contribution in [2.75, 3.05) is 19.8 Å². The van der Waals surface area contributed by atoms with E-state index in [0.717, 1.165) is 51.4 Å². The minimum absolute atomic E-state index is 0.215. The molecule has 294 valence electrons. The number of hydrogen-bond acceptors (Lipinski definition) is 10. The monoisotopic (exact) mass is 715 g/mol. The number of aliphatic hydroxyl groups is 4. The highest BCUT2D eigenvalue weighted by Gasteiger charge is 2.44. The van der Waals surface area contributed by atoms with Gasteiger partial charge < -0.3 is 39.4 Å². The highest BCUT2D eigenvalue weighted by Crippen LogP contribution is 2.22. The largest absolute Gasteiger partial charge is 0.462 e. The lowest BCUT2D eigenvalue weighted by Gasteiger charge is -2.39. The molecule has 1 aliphatic heterocycles. The number of unbranched alkanes of at least 4 members (excludes halogenated alkanes) is 20. The Hall–Kier alpha value is -1.56. The molecule has 0 aromatic heterocycles. The van der Waals surface area contributed by atoms with Crippen LogP contribution in [-0.2, 0) is 28.5 Å². The molecule has 0 bridgehead atoms. The van der Waals surface area contributed by atoms with Crippen LogP contribution in [0.2, 0.25) is 0 Å². The Morgan fingerprint density at radius 3 is 1.56 bits per heavy atom. The molecule has 1 saturated heterocycles. The molecule has 10 nitrogen and oxygen atoms in total. The number of ether oxygens (including phenoxy) is 4. The summed E-state index contributed by atoms with van der Waals surface area (Å²) in [5.41, 5.74) is 0. The van der Waals surface area contributed by atoms with Crippen LogP contribution in [0.25, 0.3) is 0 Å². The first-order chi connectivity index (χ1) is 24.3. The Morgan fingerprint density at radius 1 is 0.600 bits per heavy atom. The van der Waals surface area contributed by atoms with Crippen molar-refractivity contribution in [2.45, 2.75) is 211 Å². The maximum Gasteiger partial charge on any atom is 0.306 e. The van der Waals surface area contributed by atoms with E-state index in [1.54, 1.807) is 0 Å². The fourth-order valence-corrected chi connectivity index (χ4v) is 6.12. The molecule has 6 unspecified atom stereocenters. The summed E-state index contributed by atoms with van der Waals surface area (Å²) in [5.74, 6) is -0.814. The molecule has 1 rings (SSSR count). The Kier molecular flexibility index (Phi) is 29.8. The fourth-order valence-electron chi connectivity index (χ4n) is 6.12. The summed E-state index contributed by atoms with van der Waals surface area (Å²) in [6.45, 7) is 3.36. The molecule has 50 heavy (non-hydrogen) atoms. The van der Waals surface area contributed by atoms with Crippen LogP contribution in [-0.4, -0.2) is 89.0 Å². The van der Waals surface area contributed by atoms with Crippen LogP contribution in [0.4, 0.5) is 0 Å². The van der Waals surface area contributed by atoms with E-state index in [2.05, 4.69) is 26.0 Å². The number of rotatable bonds is 33. The van der Waals surface area contributed by atoms with Crippen LogP contribution in [0, 0.1) is 0 Å². The second-order valence-electron chi connectivity index (χ2n) is 14.1. The van der Waals surface area contributed by atoms with Gasteiger partial charge in [-0.2, -0.15) is 0 Å². The predicted octanol–water partition coefficient (Wildman–Crippen LogP) is 7.61. The first-order valence-electron chi connectivity index (χ1n) is 20.3. The normalized spacial score (nSPS) is 21.4. The first-order valence-corrected chi connectivity index (χ1v) is 20.3. The molecule has 0 amide bonds. The quantitative estimate of drug-likeness (QED) is 0.0304. The molecule has 1 heterocycles. The second kappa shape index (κ2) is 32.1. The van der Waals surface area contributed by atoms with E-state index in [1.165, 1.54) is 89.9 Å². The van der Waals surface area contributed by atoms with Crippen LogP contribution in [0.1, 0.15) is 174 Å². The maximum atomic E-state index is 12.7. The SMILES string of the molecule is CCCCCCCCC/C=C\CCCCCCCCCC(=O)OC(COC(=O)CCCCCCCCC)COC1OC(CO)C(O)C(O)C1O. The van der Waals surface area contributed by atoms with Gasteiger partial charge in [0, 0.05) is 12.8 Å². The minimum Gasteiger partial charge on any atom is -0.462 e. The molecule has 10 heteroatoms. The van der Waals surface area contributed by atoms with Gasteiger partial charge in [-0.05, 0) is 38.5 Å². The highest BCUT2D eigenvalue weighted by atomic mass is 16.7. The van der Waals surface area contributed by atoms with Gasteiger partial charge in [-0.1, -0.05) is 135 Å². The summed E-state index contributed by atoms with van der Waals surface area (Å²) in [6.07, 6.45) is 23.9. The molecular formula is C40H74O10. The van der Waals surface area contributed by atoms with Gasteiger partial charge in [-0.15, -0.1) is 0 Å². The summed E-state index contributed by atoms with van der Waals surface area (Å²) in [5, 5.41) is 39.9. The molecule has 0 aromatic carbocycles. The zero-order valence-electron chi connectivity index (χ0n) is 31.7. The lowest BCUT2D eigenvalue weighted by molar-refractivity contribution is -0.305. The molecule has 0 spiro atoms. The van der Waals surface area contributed by atoms with Gasteiger partial charge in [0.05, 0.1) is 13.2 Å². The molecular weight excluding hydrogens is 640 g/mol. The van der Waals surface area contributed by atoms with E-state index in [-0.39, 0.29) is 32.0 Å². The Balaban J connectivity index is 2.32. The van der Waals surface area contributed by atoms with E-state index in [4.69, 9.17) is 18.9 Å². The number of carbonyl (C=O) groups is 2. The molecule has 0 radical (unpaired) electrons. The first kappa shape index (κ1) is 46.5. The predicted molar refractivity (Wildman–Crippen MR) is 196 cm³/mol. The number of aliphatic hydroxyl groups excluding tert-OH is 4. The van der Waals surface area contributed by atoms with Gasteiger partial charge in [0.1, 0.15) is 31.0 Å². The standard InChI is InChI=1S/C40H74O10/c1-3-5-7-9-11-12-13-14-15-16-17-18-19-20-21-23-25-27-29-36(43)49-33(31-47-35(42)28-26-24-22-10-8-6-4-2)32-48-40-39(46)38(45)37(44)34(30-41)50-40/h15-16,33-34,37-41,44-46H,3-14,17-32H2,1-2H3/b16-15-. The molecule has 1 fully saturated rings. The maximum absolute atomic E-state index is 12.7. The lowest BCUT2D eigenvalue weighted by atomic mass is 9.99. The van der Waals surface area contributed by atoms with E-state index in [9.17, 15) is 30.0 Å². The van der Waals surface area contributed by atoms with Gasteiger partial charge >= 0.3 is 11.9 Å². The van der Waals surface area contributed by atoms with Crippen LogP contribution in [0.5, 0.6) is 0 Å². The van der Waals surface area contributed by atoms with Crippen molar-refractivity contribution < 1.29 is 49.0 Å². The molecule has 4 N–H and O–H groups in total. The Labute approximate surface area is 303 Å². The van der Waals surface area contributed by atoms with Crippen molar-refractivity contribution in [3.63, 3.8) is 0 Å². The van der Waals surface area contributed by atoms with Crippen molar-refractivity contribution in [3.05, 3.63) is 12.2 Å². The van der Waals surface area contributed by atoms with Gasteiger partial charge in [0.15, 0.2) is 12.4 Å². The topological polar surface area (TPSA) is 152 Å². The molecule has 0 saturated carbocycles. The second-order valence-corrected chi connectivity index (χ2v) is 14.1. The summed E-state index contributed by atoms with van der Waals surface area (Å²) in [7, 11) is 0. The summed E-state index contributed by atoms with van der Waals surface area (Å²) < 4.78 is 22.0. The average molecular weight is 715 g/mol. The van der Waals surface area contributed by atoms with E-state index < -0.39 is 49.4 Å². The number of esters is 2. The Morgan fingerprint density at radius 2 is 1.06 bits per heavy atom. The fraction of sp³-hybridized carbons (Fsp3) is 0.900. The van der Waals surface area contributed by atoms with Gasteiger partial charge in [-0.25, -0.2) is 0 Å². The highest BCUT2D eigenvalue weighted by molar-refractivity contribution is 5.70. The number of allylic oxidation sites excluding steroid dienone is 2. The summed E-state index contributed by atoms with van der Waals surface area (Å²) in [4.78, 5) is 25.1. The molecule has 0 aliphatic carbocycles. The van der Waals surface area contributed by atoms with Crippen molar-refractivity contribution in [3.8, 4) is 0 Å². The van der Waals surface area contributed by atoms with E-state index in [1.807, 2.05) is 0 Å². The lowest BCUT2D eigenvalue weighted by Crippen LogP contribution is -2.59. The van der Waals surface area contributed by atoms with Crippen LogP contribution < -0.4 is 0 Å². The third-order valence-electron chi connectivity index (χ3n) is 9.40. The van der Waals surface area contributed by atoms with Crippen molar-refractivity contribution in [1.29, 1.82) is 0 Å².